The number of nitrogens with one attached hydrogen (secondary N) is 1. The van der Waals surface area contributed by atoms with Crippen LogP contribution in [0.1, 0.15) is 92.6 Å². The quantitative estimate of drug-likeness (QED) is 0.202. The van der Waals surface area contributed by atoms with E-state index in [-0.39, 0.29) is 32.2 Å². The van der Waals surface area contributed by atoms with Crippen LogP contribution in [0.15, 0.2) is 43.1 Å². The summed E-state index contributed by atoms with van der Waals surface area (Å²) in [5.74, 6) is -3.28. The molecule has 13 heteroatoms. The Bertz CT molecular complexity index is 1840. The monoisotopic (exact) mass is 739 g/mol. The van der Waals surface area contributed by atoms with Crippen LogP contribution in [0.3, 0.4) is 0 Å². The fraction of sp³-hybridized carbons (Fsp3) is 0.615. The van der Waals surface area contributed by atoms with Gasteiger partial charge < -0.3 is 19.1 Å². The number of aromatic nitrogens is 1. The Morgan fingerprint density at radius 1 is 1.10 bits per heavy atom. The van der Waals surface area contributed by atoms with E-state index < -0.39 is 85.5 Å². The molecule has 1 aromatic heterocycles. The van der Waals surface area contributed by atoms with Crippen molar-refractivity contribution in [3.63, 3.8) is 0 Å². The van der Waals surface area contributed by atoms with Crippen LogP contribution in [0.2, 0.25) is 0 Å². The molecule has 3 aliphatic rings. The first-order valence-corrected chi connectivity index (χ1v) is 19.6. The van der Waals surface area contributed by atoms with Crippen LogP contribution >= 0.6 is 0 Å². The number of fused-ring (bicyclic) bond motifs is 1. The standard InChI is InChI=1S/C39H53N3O9S/c1-10-26-20-39(26,36(46)41-52(47,48)28-12-13-28)21-32(43)31-18-27(49-34-29-14-11-23(2)17-25(29)15-16-40-34)22-42(31)35(45)30(24(3)50-37(4,5)6)19-33(44)51-38(7,8)9/h10-11,14-17,24,26-28,30-31H,1,12-13,18-22H2,2-9H3,(H,41,46)/t24-,26+,27+,30?,31-,39+/m0/s1. The van der Waals surface area contributed by atoms with Gasteiger partial charge in [0.1, 0.15) is 11.7 Å². The van der Waals surface area contributed by atoms with E-state index in [4.69, 9.17) is 14.2 Å². The predicted molar refractivity (Wildman–Crippen MR) is 196 cm³/mol. The molecule has 1 aliphatic heterocycles. The predicted octanol–water partition coefficient (Wildman–Crippen LogP) is 5.20. The van der Waals surface area contributed by atoms with E-state index in [0.717, 1.165) is 16.3 Å². The summed E-state index contributed by atoms with van der Waals surface area (Å²) in [7, 11) is -3.86. The number of esters is 1. The van der Waals surface area contributed by atoms with Crippen LogP contribution in [0, 0.1) is 24.2 Å². The number of sulfonamides is 1. The second-order valence-corrected chi connectivity index (χ2v) is 18.6. The molecule has 284 valence electrons. The molecule has 5 rings (SSSR count). The molecule has 2 heterocycles. The summed E-state index contributed by atoms with van der Waals surface area (Å²) >= 11 is 0. The van der Waals surface area contributed by atoms with E-state index in [0.29, 0.717) is 18.7 Å². The van der Waals surface area contributed by atoms with Crippen LogP contribution in [0.5, 0.6) is 5.88 Å². The maximum atomic E-state index is 14.7. The number of hydrogen-bond acceptors (Lipinski definition) is 10. The van der Waals surface area contributed by atoms with Gasteiger partial charge in [-0.3, -0.25) is 23.9 Å². The number of allylic oxidation sites excluding steroid dienone is 1. The third-order valence-electron chi connectivity index (χ3n) is 9.87. The lowest BCUT2D eigenvalue weighted by Crippen LogP contribution is -2.49. The van der Waals surface area contributed by atoms with Crippen molar-refractivity contribution in [3.8, 4) is 5.88 Å². The summed E-state index contributed by atoms with van der Waals surface area (Å²) in [4.78, 5) is 61.7. The van der Waals surface area contributed by atoms with Crippen molar-refractivity contribution in [1.29, 1.82) is 0 Å². The zero-order chi connectivity index (χ0) is 38.4. The molecule has 0 radical (unpaired) electrons. The van der Waals surface area contributed by atoms with Crippen LogP contribution in [-0.4, -0.2) is 83.1 Å². The summed E-state index contributed by atoms with van der Waals surface area (Å²) in [5, 5.41) is 1.08. The van der Waals surface area contributed by atoms with Gasteiger partial charge in [0, 0.05) is 24.4 Å². The van der Waals surface area contributed by atoms with Gasteiger partial charge in [-0.1, -0.05) is 23.8 Å². The first-order valence-electron chi connectivity index (χ1n) is 18.1. The highest BCUT2D eigenvalue weighted by Gasteiger charge is 2.61. The van der Waals surface area contributed by atoms with E-state index in [1.54, 1.807) is 40.0 Å². The van der Waals surface area contributed by atoms with E-state index >= 15 is 0 Å². The minimum Gasteiger partial charge on any atom is -0.472 e. The molecule has 1 saturated heterocycles. The third kappa shape index (κ3) is 9.20. The zero-order valence-electron chi connectivity index (χ0n) is 31.6. The Balaban J connectivity index is 1.46. The van der Waals surface area contributed by atoms with Gasteiger partial charge in [0.2, 0.25) is 27.7 Å². The lowest BCUT2D eigenvalue weighted by atomic mass is 9.90. The summed E-state index contributed by atoms with van der Waals surface area (Å²) in [5.41, 5.74) is -1.68. The first-order chi connectivity index (χ1) is 24.1. The van der Waals surface area contributed by atoms with Crippen molar-refractivity contribution in [2.45, 2.75) is 129 Å². The highest BCUT2D eigenvalue weighted by atomic mass is 32.2. The molecule has 2 amide bonds. The number of rotatable bonds is 14. The Labute approximate surface area is 307 Å². The van der Waals surface area contributed by atoms with Gasteiger partial charge in [0.15, 0.2) is 5.78 Å². The largest absolute Gasteiger partial charge is 0.472 e. The summed E-state index contributed by atoms with van der Waals surface area (Å²) in [6.07, 6.45) is 2.53. The number of hydrogen-bond donors (Lipinski definition) is 1. The van der Waals surface area contributed by atoms with Gasteiger partial charge >= 0.3 is 5.97 Å². The Morgan fingerprint density at radius 3 is 2.38 bits per heavy atom. The van der Waals surface area contributed by atoms with E-state index in [1.807, 2.05) is 52.0 Å². The molecule has 1 unspecified atom stereocenters. The van der Waals surface area contributed by atoms with Crippen LogP contribution in [0.4, 0.5) is 0 Å². The minimum atomic E-state index is -3.86. The van der Waals surface area contributed by atoms with E-state index in [9.17, 15) is 27.6 Å². The van der Waals surface area contributed by atoms with Crippen molar-refractivity contribution in [2.24, 2.45) is 17.3 Å². The van der Waals surface area contributed by atoms with Crippen molar-refractivity contribution >= 4 is 44.4 Å². The molecule has 0 bridgehead atoms. The molecular weight excluding hydrogens is 687 g/mol. The van der Waals surface area contributed by atoms with Gasteiger partial charge in [0.25, 0.3) is 0 Å². The lowest BCUT2D eigenvalue weighted by molar-refractivity contribution is -0.165. The molecule has 2 aromatic rings. The highest BCUT2D eigenvalue weighted by molar-refractivity contribution is 7.90. The number of pyridine rings is 1. The van der Waals surface area contributed by atoms with Crippen LogP contribution in [0.25, 0.3) is 10.8 Å². The number of Topliss-reactive ketones (excluding diaryl/α,β-unsaturated/α-hetero) is 1. The Morgan fingerprint density at radius 2 is 1.79 bits per heavy atom. The Kier molecular flexibility index (Phi) is 11.0. The second kappa shape index (κ2) is 14.5. The number of ether oxygens (including phenoxy) is 3. The number of aryl methyl sites for hydroxylation is 1. The normalized spacial score (nSPS) is 24.5. The number of ketones is 1. The summed E-state index contributed by atoms with van der Waals surface area (Å²) in [6, 6.07) is 6.72. The topological polar surface area (TPSA) is 158 Å². The van der Waals surface area contributed by atoms with Crippen molar-refractivity contribution in [2.75, 3.05) is 6.54 Å². The van der Waals surface area contributed by atoms with Crippen molar-refractivity contribution in [3.05, 3.63) is 48.7 Å². The van der Waals surface area contributed by atoms with E-state index in [2.05, 4.69) is 16.3 Å². The van der Waals surface area contributed by atoms with Gasteiger partial charge in [-0.2, -0.15) is 0 Å². The van der Waals surface area contributed by atoms with Crippen LogP contribution < -0.4 is 9.46 Å². The molecule has 1 N–H and O–H groups in total. The first kappa shape index (κ1) is 39.4. The number of carbonyl (C=O) groups is 4. The number of carbonyl (C=O) groups excluding carboxylic acids is 4. The highest BCUT2D eigenvalue weighted by Crippen LogP contribution is 2.57. The van der Waals surface area contributed by atoms with Crippen molar-refractivity contribution in [1.82, 2.24) is 14.6 Å². The minimum absolute atomic E-state index is 0.00632. The second-order valence-electron chi connectivity index (χ2n) is 16.7. The number of amides is 2. The molecule has 52 heavy (non-hydrogen) atoms. The molecule has 1 aromatic carbocycles. The molecule has 2 saturated carbocycles. The number of benzene rings is 1. The molecule has 2 aliphatic carbocycles. The van der Waals surface area contributed by atoms with Crippen molar-refractivity contribution < 1.29 is 41.8 Å². The molecule has 3 fully saturated rings. The summed E-state index contributed by atoms with van der Waals surface area (Å²) in [6.45, 7) is 18.3. The van der Waals surface area contributed by atoms with Gasteiger partial charge in [-0.05, 0) is 98.1 Å². The molecule has 12 nitrogen and oxygen atoms in total. The number of nitrogens with zero attached hydrogens (tertiary/aromatic N) is 2. The average Bonchev–Trinajstić information content (AvgIpc) is 3.94. The Hall–Kier alpha value is -3.84. The summed E-state index contributed by atoms with van der Waals surface area (Å²) < 4.78 is 45.9. The maximum absolute atomic E-state index is 14.7. The van der Waals surface area contributed by atoms with E-state index in [1.165, 1.54) is 4.90 Å². The average molecular weight is 740 g/mol. The van der Waals surface area contributed by atoms with Crippen LogP contribution in [-0.2, 0) is 38.7 Å². The third-order valence-corrected chi connectivity index (χ3v) is 11.7. The lowest BCUT2D eigenvalue weighted by Gasteiger charge is -2.34. The maximum Gasteiger partial charge on any atom is 0.307 e. The van der Waals surface area contributed by atoms with Gasteiger partial charge in [0.05, 0.1) is 47.3 Å². The zero-order valence-corrected chi connectivity index (χ0v) is 32.4. The number of likely N-dealkylation sites (tertiary alicyclic amines) is 1. The SMILES string of the molecule is C=C[C@@H]1C[C@]1(CC(=O)[C@@H]1C[C@@H](Oc2nccc3cc(C)ccc23)CN1C(=O)C(CC(=O)OC(C)(C)C)[C@H](C)OC(C)(C)C)C(=O)NS(=O)(=O)C1CC1. The smallest absolute Gasteiger partial charge is 0.307 e. The molecule has 6 atom stereocenters. The van der Waals surface area contributed by atoms with Gasteiger partial charge in [-0.25, -0.2) is 13.4 Å². The molecular formula is C39H53N3O9S. The fourth-order valence-electron chi connectivity index (χ4n) is 7.13. The fourth-order valence-corrected chi connectivity index (χ4v) is 8.52. The van der Waals surface area contributed by atoms with Gasteiger partial charge in [-0.15, -0.1) is 6.58 Å². The molecule has 0 spiro atoms.